The zero-order valence-electron chi connectivity index (χ0n) is 18.3. The Balaban J connectivity index is 2.11. The lowest BCUT2D eigenvalue weighted by Crippen LogP contribution is -3.05. The Morgan fingerprint density at radius 1 is 1.22 bits per heavy atom. The Kier molecular flexibility index (Phi) is 7.53. The normalized spacial score (nSPS) is 17.9. The highest BCUT2D eigenvalue weighted by atomic mass is 35.5. The second-order valence-corrected chi connectivity index (χ2v) is 8.29. The quantitative estimate of drug-likeness (QED) is 0.369. The van der Waals surface area contributed by atoms with E-state index in [2.05, 4.69) is 0 Å². The number of carbonyl (C=O) groups excluding carboxylic acids is 2. The maximum absolute atomic E-state index is 14.7. The molecular formula is C24H26ClFN2O4. The summed E-state index contributed by atoms with van der Waals surface area (Å²) in [7, 11) is 3.95. The minimum atomic E-state index is -1.09. The lowest BCUT2D eigenvalue weighted by molar-refractivity contribution is -0.858. The van der Waals surface area contributed by atoms with Gasteiger partial charge < -0.3 is 19.6 Å². The van der Waals surface area contributed by atoms with Crippen molar-refractivity contribution in [3.63, 3.8) is 0 Å². The van der Waals surface area contributed by atoms with Crippen LogP contribution in [-0.2, 0) is 9.59 Å². The van der Waals surface area contributed by atoms with Gasteiger partial charge in [0.15, 0.2) is 0 Å². The van der Waals surface area contributed by atoms with Gasteiger partial charge in [0, 0.05) is 24.1 Å². The molecule has 3 rings (SSSR count). The van der Waals surface area contributed by atoms with Gasteiger partial charge in [-0.25, -0.2) is 4.39 Å². The summed E-state index contributed by atoms with van der Waals surface area (Å²) in [4.78, 5) is 28.3. The third-order valence-electron chi connectivity index (χ3n) is 5.30. The van der Waals surface area contributed by atoms with E-state index in [1.165, 1.54) is 46.2 Å². The molecule has 0 saturated carbocycles. The number of hydrogen-bond acceptors (Lipinski definition) is 4. The Labute approximate surface area is 191 Å². The van der Waals surface area contributed by atoms with Crippen LogP contribution in [0.3, 0.4) is 0 Å². The fraction of sp³-hybridized carbons (Fsp3) is 0.333. The van der Waals surface area contributed by atoms with Crippen LogP contribution in [0.2, 0.25) is 5.02 Å². The molecule has 1 unspecified atom stereocenters. The maximum Gasteiger partial charge on any atom is 0.295 e. The third-order valence-corrected chi connectivity index (χ3v) is 5.59. The predicted octanol–water partition coefficient (Wildman–Crippen LogP) is 1.64. The van der Waals surface area contributed by atoms with E-state index in [0.717, 1.165) is 6.54 Å². The Morgan fingerprint density at radius 3 is 2.56 bits per heavy atom. The topological polar surface area (TPSA) is 74.1 Å². The van der Waals surface area contributed by atoms with Crippen molar-refractivity contribution in [2.75, 3.05) is 33.8 Å². The largest absolute Gasteiger partial charge is 0.872 e. The van der Waals surface area contributed by atoms with Crippen molar-refractivity contribution in [2.45, 2.75) is 19.4 Å². The molecule has 0 bridgehead atoms. The number of nitrogens with zero attached hydrogens (tertiary/aromatic N) is 1. The standard InChI is InChI=1S/C24H26ClFN2O4/c1-4-32-19-11-10-15(14-17(19)25)22(29)20-21(16-8-5-6-9-18(16)26)28(24(31)23(20)30)13-7-12-27(2)3/h5-6,8-11,14,21,29H,4,7,12-13H2,1-3H3. The first kappa shape index (κ1) is 23.8. The monoisotopic (exact) mass is 460 g/mol. The van der Waals surface area contributed by atoms with Gasteiger partial charge in [-0.1, -0.05) is 41.6 Å². The first-order valence-electron chi connectivity index (χ1n) is 10.5. The number of benzene rings is 2. The van der Waals surface area contributed by atoms with Crippen molar-refractivity contribution in [3.05, 3.63) is 70.0 Å². The highest BCUT2D eigenvalue weighted by Crippen LogP contribution is 2.40. The minimum absolute atomic E-state index is 0.115. The van der Waals surface area contributed by atoms with Crippen molar-refractivity contribution in [3.8, 4) is 5.75 Å². The molecule has 1 amide bonds. The summed E-state index contributed by atoms with van der Waals surface area (Å²) in [5, 5.41) is 13.6. The van der Waals surface area contributed by atoms with Crippen LogP contribution in [0.4, 0.5) is 4.39 Å². The van der Waals surface area contributed by atoms with Crippen molar-refractivity contribution in [2.24, 2.45) is 0 Å². The molecule has 1 aliphatic rings. The van der Waals surface area contributed by atoms with E-state index in [1.54, 1.807) is 13.0 Å². The molecule has 1 saturated heterocycles. The third kappa shape index (κ3) is 4.79. The number of likely N-dealkylation sites (tertiary alicyclic amines) is 1. The molecule has 32 heavy (non-hydrogen) atoms. The fourth-order valence-electron chi connectivity index (χ4n) is 3.79. The Morgan fingerprint density at radius 2 is 1.94 bits per heavy atom. The molecule has 2 aromatic carbocycles. The van der Waals surface area contributed by atoms with Crippen LogP contribution < -0.4 is 14.7 Å². The number of Topliss-reactive ketones (excluding diaryl/α,β-unsaturated/α-hetero) is 1. The van der Waals surface area contributed by atoms with Crippen molar-refractivity contribution >= 4 is 29.1 Å². The lowest BCUT2D eigenvalue weighted by atomic mass is 9.95. The zero-order chi connectivity index (χ0) is 23.4. The number of hydrogen-bond donors (Lipinski definition) is 1. The second-order valence-electron chi connectivity index (χ2n) is 7.88. The van der Waals surface area contributed by atoms with Gasteiger partial charge in [0.05, 0.1) is 38.3 Å². The van der Waals surface area contributed by atoms with Crippen LogP contribution in [0.15, 0.2) is 48.0 Å². The van der Waals surface area contributed by atoms with E-state index in [-0.39, 0.29) is 28.3 Å². The van der Waals surface area contributed by atoms with Gasteiger partial charge in [-0.15, -0.1) is 0 Å². The van der Waals surface area contributed by atoms with Crippen molar-refractivity contribution in [1.82, 2.24) is 4.90 Å². The second kappa shape index (κ2) is 10.1. The average Bonchev–Trinajstić information content (AvgIpc) is 3.00. The number of amides is 1. The molecule has 0 aliphatic carbocycles. The summed E-state index contributed by atoms with van der Waals surface area (Å²) in [6.07, 6.45) is 0.600. The van der Waals surface area contributed by atoms with E-state index in [4.69, 9.17) is 16.3 Å². The van der Waals surface area contributed by atoms with Gasteiger partial charge in [0.2, 0.25) is 5.78 Å². The maximum atomic E-state index is 14.7. The van der Waals surface area contributed by atoms with E-state index in [0.29, 0.717) is 18.8 Å². The molecule has 0 spiro atoms. The van der Waals surface area contributed by atoms with E-state index >= 15 is 0 Å². The molecule has 6 nitrogen and oxygen atoms in total. The molecule has 1 heterocycles. The van der Waals surface area contributed by atoms with Crippen LogP contribution in [-0.4, -0.2) is 50.4 Å². The zero-order valence-corrected chi connectivity index (χ0v) is 19.0. The summed E-state index contributed by atoms with van der Waals surface area (Å²) in [5.41, 5.74) is -0.0164. The highest BCUT2D eigenvalue weighted by molar-refractivity contribution is 6.46. The van der Waals surface area contributed by atoms with Gasteiger partial charge in [0.1, 0.15) is 11.6 Å². The summed E-state index contributed by atoms with van der Waals surface area (Å²) < 4.78 is 20.1. The summed E-state index contributed by atoms with van der Waals surface area (Å²) in [5.74, 6) is -2.54. The van der Waals surface area contributed by atoms with Gasteiger partial charge >= 0.3 is 0 Å². The molecule has 2 aromatic rings. The predicted molar refractivity (Wildman–Crippen MR) is 118 cm³/mol. The number of rotatable bonds is 8. The van der Waals surface area contributed by atoms with Crippen LogP contribution in [0.5, 0.6) is 5.75 Å². The minimum Gasteiger partial charge on any atom is -0.872 e. The van der Waals surface area contributed by atoms with Crippen LogP contribution in [0.25, 0.3) is 5.76 Å². The lowest BCUT2D eigenvalue weighted by Gasteiger charge is -2.28. The average molecular weight is 461 g/mol. The number of ketones is 1. The molecule has 1 aliphatic heterocycles. The van der Waals surface area contributed by atoms with Gasteiger partial charge in [-0.3, -0.25) is 9.59 Å². The van der Waals surface area contributed by atoms with Gasteiger partial charge in [-0.2, -0.15) is 0 Å². The number of ether oxygens (including phenoxy) is 1. The smallest absolute Gasteiger partial charge is 0.295 e. The summed E-state index contributed by atoms with van der Waals surface area (Å²) in [6, 6.07) is 9.21. The molecule has 170 valence electrons. The molecule has 8 heteroatoms. The molecule has 0 radical (unpaired) electrons. The molecule has 0 aromatic heterocycles. The first-order chi connectivity index (χ1) is 15.3. The molecule has 1 N–H and O–H groups in total. The van der Waals surface area contributed by atoms with Crippen molar-refractivity contribution < 1.29 is 28.7 Å². The van der Waals surface area contributed by atoms with Gasteiger partial charge in [-0.05, 0) is 30.7 Å². The Hall–Kier alpha value is -2.90. The van der Waals surface area contributed by atoms with E-state index in [1.807, 2.05) is 14.1 Å². The van der Waals surface area contributed by atoms with Crippen molar-refractivity contribution in [1.29, 1.82) is 0 Å². The van der Waals surface area contributed by atoms with Crippen LogP contribution in [0.1, 0.15) is 30.5 Å². The summed E-state index contributed by atoms with van der Waals surface area (Å²) in [6.45, 7) is 3.19. The number of quaternary nitrogens is 1. The number of halogens is 2. The first-order valence-corrected chi connectivity index (χ1v) is 10.9. The van der Waals surface area contributed by atoms with Crippen LogP contribution in [0, 0.1) is 5.82 Å². The highest BCUT2D eigenvalue weighted by Gasteiger charge is 2.44. The van der Waals surface area contributed by atoms with E-state index in [9.17, 15) is 19.1 Å². The SMILES string of the molecule is CCOc1ccc(C([O-])=C2C(=O)C(=O)N(CCC[NH+](C)C)C2c2ccccc2F)cc1Cl. The molecular weight excluding hydrogens is 435 g/mol. The Bertz CT molecular complexity index is 1050. The van der Waals surface area contributed by atoms with Gasteiger partial charge in [0.25, 0.3) is 5.91 Å². The molecule has 1 fully saturated rings. The van der Waals surface area contributed by atoms with E-state index < -0.39 is 29.3 Å². The number of carbonyl (C=O) groups is 2. The van der Waals surface area contributed by atoms with Crippen LogP contribution >= 0.6 is 11.6 Å². The summed E-state index contributed by atoms with van der Waals surface area (Å²) >= 11 is 6.22. The molecule has 1 atom stereocenters. The fourth-order valence-corrected chi connectivity index (χ4v) is 4.03. The number of nitrogens with one attached hydrogen (secondary N) is 1.